The lowest BCUT2D eigenvalue weighted by atomic mass is 10.1. The molecule has 1 aromatic rings. The van der Waals surface area contributed by atoms with Gasteiger partial charge in [-0.15, -0.1) is 12.6 Å². The Bertz CT molecular complexity index is 668. The molecule has 0 aliphatic heterocycles. The predicted octanol–water partition coefficient (Wildman–Crippen LogP) is 2.57. The number of rotatable bonds is 6. The Morgan fingerprint density at radius 1 is 1.30 bits per heavy atom. The van der Waals surface area contributed by atoms with Gasteiger partial charge in [0.2, 0.25) is 0 Å². The molecule has 0 saturated heterocycles. The predicted molar refractivity (Wildman–Crippen MR) is 92.2 cm³/mol. The largest absolute Gasteiger partial charge is 0.484 e. The molecule has 1 aliphatic rings. The quantitative estimate of drug-likeness (QED) is 0.543. The van der Waals surface area contributed by atoms with Crippen molar-refractivity contribution >= 4 is 36.0 Å². The van der Waals surface area contributed by atoms with Crippen LogP contribution in [-0.4, -0.2) is 18.4 Å². The first-order valence-electron chi connectivity index (χ1n) is 7.08. The van der Waals surface area contributed by atoms with Gasteiger partial charge in [-0.25, -0.2) is 0 Å². The molecule has 2 amide bonds. The van der Waals surface area contributed by atoms with Gasteiger partial charge in [-0.1, -0.05) is 17.7 Å². The minimum absolute atomic E-state index is 0.148. The summed E-state index contributed by atoms with van der Waals surface area (Å²) in [5, 5.41) is 3.26. The van der Waals surface area contributed by atoms with Crippen molar-refractivity contribution in [2.24, 2.45) is 5.73 Å². The summed E-state index contributed by atoms with van der Waals surface area (Å²) in [7, 11) is 0. The van der Waals surface area contributed by atoms with Gasteiger partial charge in [0.1, 0.15) is 5.75 Å². The molecule has 7 heteroatoms. The Morgan fingerprint density at radius 3 is 2.57 bits per heavy atom. The number of carbonyl (C=O) groups excluding carboxylic acids is 2. The van der Waals surface area contributed by atoms with E-state index in [1.807, 2.05) is 6.08 Å². The summed E-state index contributed by atoms with van der Waals surface area (Å²) >= 11 is 9.98. The van der Waals surface area contributed by atoms with Crippen LogP contribution in [0.3, 0.4) is 0 Å². The monoisotopic (exact) mass is 352 g/mol. The second-order valence-corrected chi connectivity index (χ2v) is 5.88. The number of allylic oxidation sites excluding steroid dienone is 1. The fraction of sp³-hybridized carbons (Fsp3) is 0.250. The number of primary amides is 1. The number of benzene rings is 1. The third kappa shape index (κ3) is 5.04. The standard InChI is InChI=1S/C16H17ClN2O3S/c17-11-5-7-12(8-6-11)22-9-13(20)19-16(23)14(15(18)21)10-3-1-2-4-10/h3,5-8,23H,1-2,4,9H2,(H2,18,21)(H,19,20)/b16-14+. The second kappa shape index (κ2) is 8.08. The van der Waals surface area contributed by atoms with Gasteiger partial charge < -0.3 is 15.8 Å². The molecule has 5 nitrogen and oxygen atoms in total. The minimum Gasteiger partial charge on any atom is -0.484 e. The smallest absolute Gasteiger partial charge is 0.262 e. The third-order valence-corrected chi connectivity index (χ3v) is 3.87. The van der Waals surface area contributed by atoms with E-state index in [-0.39, 0.29) is 17.2 Å². The van der Waals surface area contributed by atoms with Crippen LogP contribution in [0.1, 0.15) is 19.3 Å². The summed E-state index contributed by atoms with van der Waals surface area (Å²) < 4.78 is 5.33. The van der Waals surface area contributed by atoms with E-state index in [9.17, 15) is 9.59 Å². The Morgan fingerprint density at radius 2 is 2.00 bits per heavy atom. The van der Waals surface area contributed by atoms with Crippen LogP contribution in [0.5, 0.6) is 5.75 Å². The zero-order valence-corrected chi connectivity index (χ0v) is 14.0. The summed E-state index contributed by atoms with van der Waals surface area (Å²) in [4.78, 5) is 23.5. The lowest BCUT2D eigenvalue weighted by Crippen LogP contribution is -2.29. The maximum absolute atomic E-state index is 11.9. The summed E-state index contributed by atoms with van der Waals surface area (Å²) in [6.07, 6.45) is 4.54. The molecule has 0 unspecified atom stereocenters. The summed E-state index contributed by atoms with van der Waals surface area (Å²) in [5.74, 6) is -0.521. The first kappa shape index (κ1) is 17.4. The molecule has 0 atom stereocenters. The number of nitrogens with two attached hydrogens (primary N) is 1. The number of halogens is 1. The minimum atomic E-state index is -0.609. The van der Waals surface area contributed by atoms with Gasteiger partial charge >= 0.3 is 0 Å². The van der Waals surface area contributed by atoms with Gasteiger partial charge in [0, 0.05) is 5.02 Å². The number of nitrogens with one attached hydrogen (secondary N) is 1. The van der Waals surface area contributed by atoms with E-state index in [0.717, 1.165) is 24.8 Å². The van der Waals surface area contributed by atoms with Gasteiger partial charge in [-0.2, -0.15) is 0 Å². The van der Waals surface area contributed by atoms with Crippen LogP contribution in [0.4, 0.5) is 0 Å². The Hall–Kier alpha value is -1.92. The van der Waals surface area contributed by atoms with Crippen LogP contribution >= 0.6 is 24.2 Å². The van der Waals surface area contributed by atoms with Crippen molar-refractivity contribution in [3.8, 4) is 5.75 Å². The normalized spacial score (nSPS) is 14.8. The molecule has 0 heterocycles. The van der Waals surface area contributed by atoms with E-state index in [1.54, 1.807) is 24.3 Å². The van der Waals surface area contributed by atoms with Gasteiger partial charge in [-0.3, -0.25) is 9.59 Å². The second-order valence-electron chi connectivity index (χ2n) is 5.00. The zero-order valence-electron chi connectivity index (χ0n) is 12.3. The van der Waals surface area contributed by atoms with E-state index in [2.05, 4.69) is 17.9 Å². The fourth-order valence-corrected chi connectivity index (χ4v) is 2.74. The molecule has 0 bridgehead atoms. The van der Waals surface area contributed by atoms with E-state index >= 15 is 0 Å². The molecule has 122 valence electrons. The number of ether oxygens (including phenoxy) is 1. The molecule has 0 fully saturated rings. The molecule has 23 heavy (non-hydrogen) atoms. The summed E-state index contributed by atoms with van der Waals surface area (Å²) in [5.41, 5.74) is 6.47. The summed E-state index contributed by atoms with van der Waals surface area (Å²) in [6.45, 7) is -0.212. The van der Waals surface area contributed by atoms with Gasteiger partial charge in [0.25, 0.3) is 11.8 Å². The van der Waals surface area contributed by atoms with Crippen LogP contribution in [0.25, 0.3) is 0 Å². The molecule has 1 aliphatic carbocycles. The zero-order chi connectivity index (χ0) is 16.8. The lowest BCUT2D eigenvalue weighted by Gasteiger charge is -2.12. The van der Waals surface area contributed by atoms with Crippen LogP contribution in [0, 0.1) is 0 Å². The van der Waals surface area contributed by atoms with Crippen molar-refractivity contribution in [2.45, 2.75) is 19.3 Å². The fourth-order valence-electron chi connectivity index (χ4n) is 2.24. The number of hydrogen-bond acceptors (Lipinski definition) is 4. The molecular formula is C16H17ClN2O3S. The third-order valence-electron chi connectivity index (χ3n) is 3.29. The van der Waals surface area contributed by atoms with Gasteiger partial charge in [0.15, 0.2) is 6.61 Å². The Balaban J connectivity index is 1.98. The van der Waals surface area contributed by atoms with Crippen molar-refractivity contribution in [3.63, 3.8) is 0 Å². The Kier molecular flexibility index (Phi) is 6.12. The molecule has 0 spiro atoms. The van der Waals surface area contributed by atoms with Crippen LogP contribution in [0.15, 0.2) is 46.5 Å². The Labute approximate surface area is 144 Å². The first-order chi connectivity index (χ1) is 11.0. The molecular weight excluding hydrogens is 336 g/mol. The molecule has 2 rings (SSSR count). The average Bonchev–Trinajstić information content (AvgIpc) is 3.00. The maximum atomic E-state index is 11.9. The van der Waals surface area contributed by atoms with Gasteiger partial charge in [-0.05, 0) is 49.1 Å². The molecule has 1 aromatic carbocycles. The number of carbonyl (C=O) groups is 2. The highest BCUT2D eigenvalue weighted by molar-refractivity contribution is 7.84. The van der Waals surface area contributed by atoms with E-state index in [0.29, 0.717) is 10.8 Å². The van der Waals surface area contributed by atoms with E-state index in [4.69, 9.17) is 22.1 Å². The van der Waals surface area contributed by atoms with Crippen molar-refractivity contribution in [3.05, 3.63) is 51.5 Å². The molecule has 0 saturated carbocycles. The maximum Gasteiger partial charge on any atom is 0.262 e. The van der Waals surface area contributed by atoms with Crippen LogP contribution in [-0.2, 0) is 9.59 Å². The molecule has 0 radical (unpaired) electrons. The number of thiol groups is 1. The van der Waals surface area contributed by atoms with E-state index in [1.165, 1.54) is 0 Å². The summed E-state index contributed by atoms with van der Waals surface area (Å²) in [6, 6.07) is 6.64. The van der Waals surface area contributed by atoms with Crippen molar-refractivity contribution < 1.29 is 14.3 Å². The average molecular weight is 353 g/mol. The molecule has 3 N–H and O–H groups in total. The van der Waals surface area contributed by atoms with Crippen molar-refractivity contribution in [1.29, 1.82) is 0 Å². The highest BCUT2D eigenvalue weighted by Crippen LogP contribution is 2.27. The number of hydrogen-bond donors (Lipinski definition) is 3. The van der Waals surface area contributed by atoms with Crippen molar-refractivity contribution in [2.75, 3.05) is 6.61 Å². The molecule has 0 aromatic heterocycles. The van der Waals surface area contributed by atoms with Crippen LogP contribution in [0.2, 0.25) is 5.02 Å². The van der Waals surface area contributed by atoms with Gasteiger partial charge in [0.05, 0.1) is 10.6 Å². The van der Waals surface area contributed by atoms with Crippen LogP contribution < -0.4 is 15.8 Å². The topological polar surface area (TPSA) is 81.4 Å². The highest BCUT2D eigenvalue weighted by Gasteiger charge is 2.19. The highest BCUT2D eigenvalue weighted by atomic mass is 35.5. The van der Waals surface area contributed by atoms with Crippen molar-refractivity contribution in [1.82, 2.24) is 5.32 Å². The number of amides is 2. The SMILES string of the molecule is NC(=O)/C(C1=CCCC1)=C(/S)NC(=O)COc1ccc(Cl)cc1. The lowest BCUT2D eigenvalue weighted by molar-refractivity contribution is -0.122. The first-order valence-corrected chi connectivity index (χ1v) is 7.90. The van der Waals surface area contributed by atoms with E-state index < -0.39 is 11.8 Å².